The number of esters is 2. The number of ether oxygens (including phenoxy) is 2. The van der Waals surface area contributed by atoms with Crippen molar-refractivity contribution < 1.29 is 24.2 Å². The van der Waals surface area contributed by atoms with Crippen molar-refractivity contribution >= 4 is 34.8 Å². The molecule has 1 unspecified atom stereocenters. The van der Waals surface area contributed by atoms with E-state index in [1.54, 1.807) is 6.92 Å². The minimum Gasteiger partial charge on any atom is -0.469 e. The Morgan fingerprint density at radius 3 is 2.32 bits per heavy atom. The zero-order valence-corrected chi connectivity index (χ0v) is 31.5. The summed E-state index contributed by atoms with van der Waals surface area (Å²) in [7, 11) is 2.78. The highest BCUT2D eigenvalue weighted by molar-refractivity contribution is 6.24. The molecule has 11 nitrogen and oxygen atoms in total. The second kappa shape index (κ2) is 14.1. The van der Waals surface area contributed by atoms with Gasteiger partial charge in [0.05, 0.1) is 65.9 Å². The summed E-state index contributed by atoms with van der Waals surface area (Å²) >= 11 is 0. The summed E-state index contributed by atoms with van der Waals surface area (Å²) < 4.78 is 10.6. The van der Waals surface area contributed by atoms with E-state index in [9.17, 15) is 14.7 Å². The first-order valence-corrected chi connectivity index (χ1v) is 18.2. The van der Waals surface area contributed by atoms with Crippen molar-refractivity contribution in [1.82, 2.24) is 10.7 Å². The second-order valence-corrected chi connectivity index (χ2v) is 14.1. The van der Waals surface area contributed by atoms with Crippen LogP contribution in [0.4, 0.5) is 5.69 Å². The minimum atomic E-state index is -0.853. The fourth-order valence-corrected chi connectivity index (χ4v) is 8.24. The van der Waals surface area contributed by atoms with E-state index in [4.69, 9.17) is 24.5 Å². The number of aliphatic hydroxyl groups is 1. The lowest BCUT2D eigenvalue weighted by molar-refractivity contribution is -0.143. The maximum absolute atomic E-state index is 14.0. The van der Waals surface area contributed by atoms with Gasteiger partial charge in [0.25, 0.3) is 0 Å². The monoisotopic (exact) mass is 714 g/mol. The molecule has 274 valence electrons. The van der Waals surface area contributed by atoms with Gasteiger partial charge in [-0.1, -0.05) is 32.0 Å². The molecule has 6 aliphatic rings. The van der Waals surface area contributed by atoms with Crippen LogP contribution in [0.1, 0.15) is 60.8 Å². The van der Waals surface area contributed by atoms with Crippen LogP contribution in [0.5, 0.6) is 0 Å². The number of carbonyl (C=O) groups is 2. The van der Waals surface area contributed by atoms with Gasteiger partial charge in [-0.25, -0.2) is 15.0 Å². The summed E-state index contributed by atoms with van der Waals surface area (Å²) in [5, 5.41) is 14.7. The van der Waals surface area contributed by atoms with Crippen LogP contribution >= 0.6 is 0 Å². The van der Waals surface area contributed by atoms with Crippen LogP contribution < -0.4 is 16.2 Å². The SMILES string of the molecule is CCC1=C(C)C2=NC1=CC1=C(C)C3=C(NNc4ccccc4)[C@H](C(=O)OC)C(=C4NC(=CC5=NC(=C2)C(C(C)O)=C5C)[C@@H](C)[C@@H]4CCC(=O)OC)C3=N1. The zero-order chi connectivity index (χ0) is 37.7. The molecule has 4 N–H and O–H groups in total. The van der Waals surface area contributed by atoms with Crippen molar-refractivity contribution in [3.63, 3.8) is 0 Å². The minimum absolute atomic E-state index is 0.104. The molecule has 11 heteroatoms. The number of anilines is 1. The van der Waals surface area contributed by atoms with Crippen LogP contribution in [-0.4, -0.2) is 54.5 Å². The number of methoxy groups -OCH3 is 2. The fraction of sp³-hybridized carbons (Fsp3) is 0.357. The van der Waals surface area contributed by atoms with Gasteiger partial charge in [-0.05, 0) is 93.2 Å². The first-order chi connectivity index (χ1) is 25.5. The lowest BCUT2D eigenvalue weighted by Gasteiger charge is -2.22. The van der Waals surface area contributed by atoms with E-state index in [0.717, 1.165) is 79.8 Å². The van der Waals surface area contributed by atoms with Crippen molar-refractivity contribution in [2.45, 2.75) is 66.9 Å². The van der Waals surface area contributed by atoms with Crippen molar-refractivity contribution in [2.75, 3.05) is 19.6 Å². The molecule has 1 fully saturated rings. The summed E-state index contributed by atoms with van der Waals surface area (Å²) in [5.74, 6) is -1.92. The van der Waals surface area contributed by atoms with Crippen molar-refractivity contribution in [3.05, 3.63) is 122 Å². The number of hydrogen-bond acceptors (Lipinski definition) is 11. The van der Waals surface area contributed by atoms with Gasteiger partial charge in [-0.15, -0.1) is 0 Å². The lowest BCUT2D eigenvalue weighted by Crippen LogP contribution is -2.32. The maximum atomic E-state index is 14.0. The van der Waals surface area contributed by atoms with E-state index in [1.807, 2.05) is 62.4 Å². The Morgan fingerprint density at radius 1 is 0.925 bits per heavy atom. The number of allylic oxidation sites excluding steroid dienone is 10. The fourth-order valence-electron chi connectivity index (χ4n) is 8.24. The van der Waals surface area contributed by atoms with Crippen molar-refractivity contribution in [3.8, 4) is 0 Å². The second-order valence-electron chi connectivity index (χ2n) is 14.1. The third kappa shape index (κ3) is 6.12. The largest absolute Gasteiger partial charge is 0.469 e. The molecule has 1 aromatic rings. The molecule has 0 amide bonds. The van der Waals surface area contributed by atoms with E-state index in [-0.39, 0.29) is 24.2 Å². The van der Waals surface area contributed by atoms with Gasteiger partial charge >= 0.3 is 11.9 Å². The molecular weight excluding hydrogens is 668 g/mol. The van der Waals surface area contributed by atoms with Gasteiger partial charge in [0, 0.05) is 46.4 Å². The number of carbonyl (C=O) groups excluding carboxylic acids is 2. The molecule has 8 bridgehead atoms. The third-order valence-electron chi connectivity index (χ3n) is 11.1. The van der Waals surface area contributed by atoms with Crippen LogP contribution in [0.25, 0.3) is 0 Å². The number of fused-ring (bicyclic) bond motifs is 5. The third-order valence-corrected chi connectivity index (χ3v) is 11.1. The molecule has 4 atom stereocenters. The first-order valence-electron chi connectivity index (χ1n) is 18.2. The molecule has 5 heterocycles. The van der Waals surface area contributed by atoms with Gasteiger partial charge in [-0.2, -0.15) is 0 Å². The van der Waals surface area contributed by atoms with E-state index in [1.165, 1.54) is 14.2 Å². The smallest absolute Gasteiger partial charge is 0.319 e. The summed E-state index contributed by atoms with van der Waals surface area (Å²) in [6, 6.07) is 9.68. The highest BCUT2D eigenvalue weighted by Gasteiger charge is 2.49. The number of aliphatic hydroxyl groups excluding tert-OH is 1. The summed E-state index contributed by atoms with van der Waals surface area (Å²) in [4.78, 5) is 42.1. The Balaban J connectivity index is 1.51. The van der Waals surface area contributed by atoms with Crippen molar-refractivity contribution in [2.24, 2.45) is 32.7 Å². The van der Waals surface area contributed by atoms with Crippen LogP contribution in [0.3, 0.4) is 0 Å². The van der Waals surface area contributed by atoms with Gasteiger partial charge < -0.3 is 30.7 Å². The highest BCUT2D eigenvalue weighted by atomic mass is 16.5. The Hall–Kier alpha value is -5.55. The van der Waals surface area contributed by atoms with E-state index in [2.05, 4.69) is 36.9 Å². The molecule has 1 aliphatic carbocycles. The molecule has 0 saturated carbocycles. The Bertz CT molecular complexity index is 2170. The average molecular weight is 715 g/mol. The van der Waals surface area contributed by atoms with E-state index < -0.39 is 18.0 Å². The Morgan fingerprint density at radius 2 is 1.64 bits per heavy atom. The number of nitrogens with zero attached hydrogens (tertiary/aromatic N) is 3. The van der Waals surface area contributed by atoms with Crippen LogP contribution in [-0.2, 0) is 19.1 Å². The van der Waals surface area contributed by atoms with Gasteiger partial charge in [0.2, 0.25) is 0 Å². The molecule has 0 radical (unpaired) electrons. The number of benzene rings is 1. The predicted octanol–water partition coefficient (Wildman–Crippen LogP) is 6.45. The molecule has 5 aliphatic heterocycles. The standard InChI is InChI=1S/C42H46N6O5/c1-9-26-20(2)28-19-33-35(24(6)49)22(4)30(44-33)17-29-21(3)27(15-16-34(50)52-7)39(45-29)37-38(42(51)53-8)41(48-47-25-13-11-10-12-14-25)36-23(5)31(46-40(36)37)18-32(26)43-28/h10-14,17-19,21,24,27,38,45,47-49H,9,15-16H2,1-8H3/t21-,24?,27-,38+/m0/s1. The normalized spacial score (nSPS) is 23.8. The number of hydrogen-bond donors (Lipinski definition) is 4. The average Bonchev–Trinajstić information content (AvgIpc) is 3.90. The van der Waals surface area contributed by atoms with Gasteiger partial charge in [0.15, 0.2) is 0 Å². The summed E-state index contributed by atoms with van der Waals surface area (Å²) in [5.41, 5.74) is 20.4. The summed E-state index contributed by atoms with van der Waals surface area (Å²) in [6.07, 6.45) is 6.67. The number of nitrogens with one attached hydrogen (secondary N) is 3. The number of aliphatic imine (C=N–C) groups is 3. The number of rotatable bonds is 9. The molecular formula is C42H46N6O5. The predicted molar refractivity (Wildman–Crippen MR) is 206 cm³/mol. The van der Waals surface area contributed by atoms with Crippen LogP contribution in [0.15, 0.2) is 137 Å². The topological polar surface area (TPSA) is 146 Å². The quantitative estimate of drug-likeness (QED) is 0.169. The van der Waals surface area contributed by atoms with E-state index in [0.29, 0.717) is 29.1 Å². The molecule has 53 heavy (non-hydrogen) atoms. The van der Waals surface area contributed by atoms with Crippen LogP contribution in [0.2, 0.25) is 0 Å². The highest BCUT2D eigenvalue weighted by Crippen LogP contribution is 2.49. The number of para-hydroxylation sites is 1. The lowest BCUT2D eigenvalue weighted by atomic mass is 9.84. The zero-order valence-electron chi connectivity index (χ0n) is 31.5. The molecule has 0 spiro atoms. The van der Waals surface area contributed by atoms with E-state index >= 15 is 0 Å². The molecule has 0 aromatic heterocycles. The molecule has 7 rings (SSSR count). The molecule has 1 saturated heterocycles. The number of hydrazine groups is 1. The Kier molecular flexibility index (Phi) is 9.54. The molecule has 1 aromatic carbocycles. The first kappa shape index (κ1) is 35.8. The van der Waals surface area contributed by atoms with Gasteiger partial charge in [-0.3, -0.25) is 9.59 Å². The van der Waals surface area contributed by atoms with Crippen molar-refractivity contribution in [1.29, 1.82) is 0 Å². The Labute approximate surface area is 310 Å². The summed E-state index contributed by atoms with van der Waals surface area (Å²) in [6.45, 7) is 12.0. The maximum Gasteiger partial charge on any atom is 0.319 e. The van der Waals surface area contributed by atoms with Crippen LogP contribution in [0, 0.1) is 17.8 Å². The van der Waals surface area contributed by atoms with Gasteiger partial charge in [0.1, 0.15) is 5.92 Å².